The van der Waals surface area contributed by atoms with Gasteiger partial charge in [-0.3, -0.25) is 19.9 Å². The van der Waals surface area contributed by atoms with Crippen LogP contribution in [-0.2, 0) is 25.6 Å². The highest BCUT2D eigenvalue weighted by molar-refractivity contribution is 7.18. The molecular formula is C25H26ClF2N5O5S. The Balaban J connectivity index is 1.66. The third-order valence-corrected chi connectivity index (χ3v) is 6.67. The number of amides is 2. The fraction of sp³-hybridized carbons (Fsp3) is 0.320. The number of esters is 1. The normalized spacial score (nSPS) is 11.5. The Labute approximate surface area is 232 Å². The average molecular weight is 582 g/mol. The smallest absolute Gasteiger partial charge is 0.413 e. The van der Waals surface area contributed by atoms with Crippen LogP contribution in [0.25, 0.3) is 10.6 Å². The highest BCUT2D eigenvalue weighted by Crippen LogP contribution is 2.31. The molecule has 2 aromatic carbocycles. The number of aromatic nitrogens is 2. The molecule has 0 saturated carbocycles. The molecule has 14 heteroatoms. The van der Waals surface area contributed by atoms with Gasteiger partial charge in [0.25, 0.3) is 0 Å². The first-order chi connectivity index (χ1) is 18.7. The Morgan fingerprint density at radius 3 is 2.62 bits per heavy atom. The number of hydrogen-bond donors (Lipinski definition) is 2. The predicted octanol–water partition coefficient (Wildman–Crippen LogP) is 4.95. The molecule has 0 aliphatic heterocycles. The van der Waals surface area contributed by atoms with E-state index in [1.807, 2.05) is 0 Å². The molecule has 0 unspecified atom stereocenters. The van der Waals surface area contributed by atoms with Gasteiger partial charge in [-0.2, -0.15) is 0 Å². The Kier molecular flexibility index (Phi) is 11.1. The second kappa shape index (κ2) is 14.5. The van der Waals surface area contributed by atoms with Crippen molar-refractivity contribution in [1.29, 1.82) is 0 Å². The third kappa shape index (κ3) is 8.67. The third-order valence-electron chi connectivity index (χ3n) is 5.47. The molecule has 1 heterocycles. The first-order valence-electron chi connectivity index (χ1n) is 11.7. The van der Waals surface area contributed by atoms with Crippen LogP contribution < -0.4 is 10.7 Å². The van der Waals surface area contributed by atoms with Gasteiger partial charge in [0, 0.05) is 31.0 Å². The second-order valence-electron chi connectivity index (χ2n) is 8.17. The van der Waals surface area contributed by atoms with E-state index in [0.29, 0.717) is 22.0 Å². The van der Waals surface area contributed by atoms with Crippen LogP contribution in [0.3, 0.4) is 0 Å². The fourth-order valence-electron chi connectivity index (χ4n) is 3.54. The van der Waals surface area contributed by atoms with Crippen LogP contribution in [0.2, 0.25) is 5.02 Å². The highest BCUT2D eigenvalue weighted by atomic mass is 35.5. The van der Waals surface area contributed by atoms with Gasteiger partial charge < -0.3 is 9.47 Å². The molecule has 0 aliphatic carbocycles. The van der Waals surface area contributed by atoms with E-state index in [1.165, 1.54) is 26.2 Å². The summed E-state index contributed by atoms with van der Waals surface area (Å²) in [6, 6.07) is 10.0. The van der Waals surface area contributed by atoms with E-state index in [1.54, 1.807) is 24.3 Å². The lowest BCUT2D eigenvalue weighted by atomic mass is 10.1. The molecule has 0 fully saturated rings. The SMILES string of the molecule is COC(=O)CCC[C@@H](COC(=O)Nc1nnc(-c2ccccc2Cl)s1)N(NCc1cccc(F)c1F)C(C)=O. The topological polar surface area (TPSA) is 123 Å². The van der Waals surface area contributed by atoms with Gasteiger partial charge in [0.1, 0.15) is 6.61 Å². The summed E-state index contributed by atoms with van der Waals surface area (Å²) < 4.78 is 37.7. The Morgan fingerprint density at radius 2 is 1.90 bits per heavy atom. The zero-order chi connectivity index (χ0) is 28.4. The van der Waals surface area contributed by atoms with Crippen LogP contribution >= 0.6 is 22.9 Å². The summed E-state index contributed by atoms with van der Waals surface area (Å²) >= 11 is 7.27. The molecule has 3 rings (SSSR count). The number of methoxy groups -OCH3 is 1. The van der Waals surface area contributed by atoms with Crippen LogP contribution in [0.15, 0.2) is 42.5 Å². The minimum atomic E-state index is -1.04. The van der Waals surface area contributed by atoms with Crippen molar-refractivity contribution >= 4 is 46.0 Å². The van der Waals surface area contributed by atoms with Crippen molar-refractivity contribution in [3.8, 4) is 10.6 Å². The number of ether oxygens (including phenoxy) is 2. The Morgan fingerprint density at radius 1 is 1.13 bits per heavy atom. The maximum atomic E-state index is 14.1. The number of carbonyl (C=O) groups excluding carboxylic acids is 3. The molecule has 0 spiro atoms. The van der Waals surface area contributed by atoms with Gasteiger partial charge in [-0.15, -0.1) is 10.2 Å². The number of nitrogens with one attached hydrogen (secondary N) is 2. The van der Waals surface area contributed by atoms with Crippen molar-refractivity contribution < 1.29 is 32.6 Å². The molecule has 39 heavy (non-hydrogen) atoms. The lowest BCUT2D eigenvalue weighted by Crippen LogP contribution is -2.50. The predicted molar refractivity (Wildman–Crippen MR) is 141 cm³/mol. The van der Waals surface area contributed by atoms with E-state index in [4.69, 9.17) is 16.3 Å². The van der Waals surface area contributed by atoms with Gasteiger partial charge in [0.05, 0.1) is 18.2 Å². The van der Waals surface area contributed by atoms with Crippen LogP contribution in [-0.4, -0.2) is 52.9 Å². The molecule has 1 aromatic heterocycles. The molecule has 1 atom stereocenters. The molecular weight excluding hydrogens is 556 g/mol. The minimum Gasteiger partial charge on any atom is -0.469 e. The van der Waals surface area contributed by atoms with E-state index < -0.39 is 35.6 Å². The number of hydrazine groups is 1. The average Bonchev–Trinajstić information content (AvgIpc) is 3.37. The summed E-state index contributed by atoms with van der Waals surface area (Å²) in [5.41, 5.74) is 3.43. The lowest BCUT2D eigenvalue weighted by molar-refractivity contribution is -0.140. The van der Waals surface area contributed by atoms with Crippen LogP contribution in [0, 0.1) is 11.6 Å². The monoisotopic (exact) mass is 581 g/mol. The molecule has 2 N–H and O–H groups in total. The standard InChI is InChI=1S/C25H26ClF2N5O5S/c1-15(34)33(29-13-16-7-5-11-20(27)22(16)28)17(8-6-12-21(35)37-2)14-38-25(36)30-24-32-31-23(39-24)18-9-3-4-10-19(18)26/h3-5,7,9-11,17,29H,6,8,12-14H2,1-2H3,(H,30,32,36)/t17-/m0/s1. The molecule has 10 nitrogen and oxygen atoms in total. The molecule has 2 amide bonds. The maximum absolute atomic E-state index is 14.1. The molecule has 0 bridgehead atoms. The zero-order valence-corrected chi connectivity index (χ0v) is 22.7. The summed E-state index contributed by atoms with van der Waals surface area (Å²) in [6.45, 7) is 0.777. The van der Waals surface area contributed by atoms with Crippen molar-refractivity contribution in [2.75, 3.05) is 19.0 Å². The summed E-state index contributed by atoms with van der Waals surface area (Å²) in [5.74, 6) is -2.97. The summed E-state index contributed by atoms with van der Waals surface area (Å²) in [7, 11) is 1.26. The number of nitrogens with zero attached hydrogens (tertiary/aromatic N) is 3. The van der Waals surface area contributed by atoms with Crippen molar-refractivity contribution in [3.05, 3.63) is 64.7 Å². The summed E-state index contributed by atoms with van der Waals surface area (Å²) in [4.78, 5) is 36.5. The number of rotatable bonds is 12. The highest BCUT2D eigenvalue weighted by Gasteiger charge is 2.24. The number of anilines is 1. The van der Waals surface area contributed by atoms with E-state index in [0.717, 1.165) is 22.4 Å². The fourth-order valence-corrected chi connectivity index (χ4v) is 4.59. The van der Waals surface area contributed by atoms with Gasteiger partial charge in [0.15, 0.2) is 16.6 Å². The van der Waals surface area contributed by atoms with Gasteiger partial charge in [-0.1, -0.05) is 53.3 Å². The summed E-state index contributed by atoms with van der Waals surface area (Å²) in [6.07, 6.45) is -0.246. The Bertz CT molecular complexity index is 1310. The van der Waals surface area contributed by atoms with Crippen LogP contribution in [0.5, 0.6) is 0 Å². The first-order valence-corrected chi connectivity index (χ1v) is 12.9. The van der Waals surface area contributed by atoms with E-state index in [2.05, 4.69) is 25.7 Å². The number of carbonyl (C=O) groups is 3. The van der Waals surface area contributed by atoms with Crippen molar-refractivity contribution in [1.82, 2.24) is 20.6 Å². The summed E-state index contributed by atoms with van der Waals surface area (Å²) in [5, 5.41) is 12.7. The number of halogens is 3. The lowest BCUT2D eigenvalue weighted by Gasteiger charge is -2.31. The Hall–Kier alpha value is -3.68. The number of benzene rings is 2. The minimum absolute atomic E-state index is 0.00110. The van der Waals surface area contributed by atoms with Gasteiger partial charge >= 0.3 is 12.1 Å². The molecule has 0 saturated heterocycles. The largest absolute Gasteiger partial charge is 0.469 e. The second-order valence-corrected chi connectivity index (χ2v) is 9.56. The van der Waals surface area contributed by atoms with E-state index >= 15 is 0 Å². The molecule has 0 radical (unpaired) electrons. The molecule has 0 aliphatic rings. The van der Waals surface area contributed by atoms with Crippen LogP contribution in [0.4, 0.5) is 18.7 Å². The number of hydrogen-bond acceptors (Lipinski definition) is 9. The molecule has 208 valence electrons. The maximum Gasteiger partial charge on any atom is 0.413 e. The first kappa shape index (κ1) is 29.9. The van der Waals surface area contributed by atoms with Crippen molar-refractivity contribution in [3.63, 3.8) is 0 Å². The van der Waals surface area contributed by atoms with Gasteiger partial charge in [-0.25, -0.2) is 19.0 Å². The van der Waals surface area contributed by atoms with Gasteiger partial charge in [-0.05, 0) is 25.0 Å². The molecule has 3 aromatic rings. The van der Waals surface area contributed by atoms with E-state index in [9.17, 15) is 23.2 Å². The van der Waals surface area contributed by atoms with Crippen LogP contribution in [0.1, 0.15) is 31.7 Å². The van der Waals surface area contributed by atoms with Crippen molar-refractivity contribution in [2.24, 2.45) is 0 Å². The quantitative estimate of drug-likeness (QED) is 0.227. The van der Waals surface area contributed by atoms with E-state index in [-0.39, 0.29) is 36.7 Å². The van der Waals surface area contributed by atoms with Crippen molar-refractivity contribution in [2.45, 2.75) is 38.8 Å². The van der Waals surface area contributed by atoms with Gasteiger partial charge in [0.2, 0.25) is 11.0 Å². The zero-order valence-electron chi connectivity index (χ0n) is 21.1.